The third-order valence-corrected chi connectivity index (χ3v) is 3.13. The van der Waals surface area contributed by atoms with Gasteiger partial charge in [0.1, 0.15) is 0 Å². The Balaban J connectivity index is 2.46. The Bertz CT molecular complexity index is 332. The van der Waals surface area contributed by atoms with Crippen molar-refractivity contribution in [2.75, 3.05) is 20.1 Å². The van der Waals surface area contributed by atoms with E-state index in [1.54, 1.807) is 4.90 Å². The van der Waals surface area contributed by atoms with Crippen LogP contribution in [0.5, 0.6) is 0 Å². The second kappa shape index (κ2) is 6.45. The summed E-state index contributed by atoms with van der Waals surface area (Å²) >= 11 is 0. The summed E-state index contributed by atoms with van der Waals surface area (Å²) in [6, 6.07) is 4.00. The van der Waals surface area contributed by atoms with E-state index in [0.717, 1.165) is 18.7 Å². The minimum absolute atomic E-state index is 0.0661. The van der Waals surface area contributed by atoms with Gasteiger partial charge in [-0.2, -0.15) is 0 Å². The number of aromatic nitrogens is 1. The first kappa shape index (κ1) is 13.8. The molecule has 96 valence electrons. The number of likely N-dealkylation sites (N-methyl/N-ethyl adjacent to an activating group) is 1. The van der Waals surface area contributed by atoms with Crippen molar-refractivity contribution in [2.24, 2.45) is 17.6 Å². The highest BCUT2D eigenvalue weighted by Gasteiger charge is 2.23. The van der Waals surface area contributed by atoms with Crippen molar-refractivity contribution >= 4 is 5.91 Å². The number of carbonyl (C=O) groups excluding carboxylic acids is 1. The van der Waals surface area contributed by atoms with Crippen molar-refractivity contribution in [3.05, 3.63) is 24.0 Å². The van der Waals surface area contributed by atoms with Crippen LogP contribution in [0, 0.1) is 11.8 Å². The molecule has 0 saturated heterocycles. The summed E-state index contributed by atoms with van der Waals surface area (Å²) in [4.78, 5) is 17.0. The number of H-pyrrole nitrogens is 1. The summed E-state index contributed by atoms with van der Waals surface area (Å²) in [5.74, 6) is 0.373. The standard InChI is InChI=1S/C13H23N3O/c1-10(2)12(9-14)13(17)16(3)8-6-11-5-4-7-15-11/h4-5,7,10,12,15H,6,8-9,14H2,1-3H3. The molecule has 0 fully saturated rings. The lowest BCUT2D eigenvalue weighted by Crippen LogP contribution is -2.40. The maximum absolute atomic E-state index is 12.1. The molecule has 1 unspecified atom stereocenters. The van der Waals surface area contributed by atoms with Crippen molar-refractivity contribution in [1.82, 2.24) is 9.88 Å². The molecule has 1 atom stereocenters. The van der Waals surface area contributed by atoms with Crippen molar-refractivity contribution < 1.29 is 4.79 Å². The normalized spacial score (nSPS) is 12.8. The molecule has 1 aromatic rings. The molecule has 0 bridgehead atoms. The lowest BCUT2D eigenvalue weighted by atomic mass is 9.94. The summed E-state index contributed by atoms with van der Waals surface area (Å²) in [5.41, 5.74) is 6.80. The van der Waals surface area contributed by atoms with Crippen molar-refractivity contribution in [2.45, 2.75) is 20.3 Å². The van der Waals surface area contributed by atoms with Gasteiger partial charge in [-0.15, -0.1) is 0 Å². The number of nitrogens with one attached hydrogen (secondary N) is 1. The quantitative estimate of drug-likeness (QED) is 0.782. The lowest BCUT2D eigenvalue weighted by molar-refractivity contribution is -0.135. The Hall–Kier alpha value is -1.29. The van der Waals surface area contributed by atoms with E-state index < -0.39 is 0 Å². The first-order valence-corrected chi connectivity index (χ1v) is 6.13. The van der Waals surface area contributed by atoms with Gasteiger partial charge in [-0.1, -0.05) is 13.8 Å². The fourth-order valence-electron chi connectivity index (χ4n) is 1.86. The molecule has 1 amide bonds. The van der Waals surface area contributed by atoms with Gasteiger partial charge < -0.3 is 15.6 Å². The third kappa shape index (κ3) is 3.89. The van der Waals surface area contributed by atoms with Gasteiger partial charge in [-0.05, 0) is 18.1 Å². The summed E-state index contributed by atoms with van der Waals surface area (Å²) in [7, 11) is 1.84. The number of rotatable bonds is 6. The second-order valence-corrected chi connectivity index (χ2v) is 4.79. The van der Waals surface area contributed by atoms with E-state index in [2.05, 4.69) is 4.98 Å². The molecule has 0 aliphatic rings. The lowest BCUT2D eigenvalue weighted by Gasteiger charge is -2.25. The van der Waals surface area contributed by atoms with E-state index in [-0.39, 0.29) is 11.8 Å². The first-order valence-electron chi connectivity index (χ1n) is 6.13. The predicted molar refractivity (Wildman–Crippen MR) is 69.5 cm³/mol. The van der Waals surface area contributed by atoms with Gasteiger partial charge in [-0.25, -0.2) is 0 Å². The summed E-state index contributed by atoms with van der Waals surface area (Å²) in [6.45, 7) is 5.22. The molecule has 1 heterocycles. The van der Waals surface area contributed by atoms with Gasteiger partial charge in [0.15, 0.2) is 0 Å². The first-order chi connectivity index (χ1) is 8.06. The van der Waals surface area contributed by atoms with Crippen LogP contribution in [0.2, 0.25) is 0 Å². The molecule has 0 spiro atoms. The number of aromatic amines is 1. The fraction of sp³-hybridized carbons (Fsp3) is 0.615. The molecule has 0 aliphatic heterocycles. The highest BCUT2D eigenvalue weighted by atomic mass is 16.2. The van der Waals surface area contributed by atoms with Crippen LogP contribution in [0.15, 0.2) is 18.3 Å². The van der Waals surface area contributed by atoms with Gasteiger partial charge in [0, 0.05) is 38.4 Å². The average Bonchev–Trinajstić information content (AvgIpc) is 2.78. The molecule has 0 aliphatic carbocycles. The monoisotopic (exact) mass is 237 g/mol. The maximum atomic E-state index is 12.1. The van der Waals surface area contributed by atoms with Crippen LogP contribution >= 0.6 is 0 Å². The van der Waals surface area contributed by atoms with Gasteiger partial charge >= 0.3 is 0 Å². The van der Waals surface area contributed by atoms with E-state index in [4.69, 9.17) is 5.73 Å². The van der Waals surface area contributed by atoms with Crippen molar-refractivity contribution in [1.29, 1.82) is 0 Å². The van der Waals surface area contributed by atoms with Gasteiger partial charge in [0.2, 0.25) is 5.91 Å². The molecular formula is C13H23N3O. The molecule has 4 nitrogen and oxygen atoms in total. The number of hydrogen-bond acceptors (Lipinski definition) is 2. The van der Waals surface area contributed by atoms with E-state index >= 15 is 0 Å². The summed E-state index contributed by atoms with van der Waals surface area (Å²) in [5, 5.41) is 0. The van der Waals surface area contributed by atoms with Crippen molar-refractivity contribution in [3.63, 3.8) is 0 Å². The van der Waals surface area contributed by atoms with Crippen LogP contribution in [0.25, 0.3) is 0 Å². The van der Waals surface area contributed by atoms with Crippen molar-refractivity contribution in [3.8, 4) is 0 Å². The summed E-state index contributed by atoms with van der Waals surface area (Å²) in [6.07, 6.45) is 2.75. The zero-order valence-electron chi connectivity index (χ0n) is 10.9. The van der Waals surface area contributed by atoms with Crippen LogP contribution in [0.4, 0.5) is 0 Å². The number of nitrogens with two attached hydrogens (primary N) is 1. The zero-order valence-corrected chi connectivity index (χ0v) is 10.9. The van der Waals surface area contributed by atoms with E-state index in [0.29, 0.717) is 12.5 Å². The SMILES string of the molecule is CC(C)C(CN)C(=O)N(C)CCc1ccc[nH]1. The Morgan fingerprint density at radius 1 is 1.53 bits per heavy atom. The highest BCUT2D eigenvalue weighted by molar-refractivity contribution is 5.79. The smallest absolute Gasteiger partial charge is 0.226 e. The second-order valence-electron chi connectivity index (χ2n) is 4.79. The zero-order chi connectivity index (χ0) is 12.8. The highest BCUT2D eigenvalue weighted by Crippen LogP contribution is 2.12. The molecule has 1 aromatic heterocycles. The summed E-state index contributed by atoms with van der Waals surface area (Å²) < 4.78 is 0. The van der Waals surface area contributed by atoms with Crippen LogP contribution in [0.1, 0.15) is 19.5 Å². The fourth-order valence-corrected chi connectivity index (χ4v) is 1.86. The Morgan fingerprint density at radius 3 is 2.71 bits per heavy atom. The molecular weight excluding hydrogens is 214 g/mol. The molecule has 0 saturated carbocycles. The van der Waals surface area contributed by atoms with E-state index in [9.17, 15) is 4.79 Å². The topological polar surface area (TPSA) is 62.1 Å². The molecule has 3 N–H and O–H groups in total. The maximum Gasteiger partial charge on any atom is 0.226 e. The van der Waals surface area contributed by atoms with Crippen LogP contribution < -0.4 is 5.73 Å². The van der Waals surface area contributed by atoms with E-state index in [1.165, 1.54) is 0 Å². The predicted octanol–water partition coefficient (Wildman–Crippen LogP) is 1.25. The minimum Gasteiger partial charge on any atom is -0.365 e. The number of carbonyl (C=O) groups is 1. The molecule has 0 radical (unpaired) electrons. The molecule has 0 aromatic carbocycles. The Labute approximate surface area is 103 Å². The van der Waals surface area contributed by atoms with E-state index in [1.807, 2.05) is 39.2 Å². The number of amides is 1. The minimum atomic E-state index is -0.0661. The third-order valence-electron chi connectivity index (χ3n) is 3.13. The van der Waals surface area contributed by atoms with Gasteiger partial charge in [-0.3, -0.25) is 4.79 Å². The van der Waals surface area contributed by atoms with Crippen LogP contribution in [0.3, 0.4) is 0 Å². The van der Waals surface area contributed by atoms with Crippen LogP contribution in [-0.4, -0.2) is 35.9 Å². The largest absolute Gasteiger partial charge is 0.365 e. The Morgan fingerprint density at radius 2 is 2.24 bits per heavy atom. The molecule has 1 rings (SSSR count). The van der Waals surface area contributed by atoms with Gasteiger partial charge in [0.05, 0.1) is 5.92 Å². The number of hydrogen-bond donors (Lipinski definition) is 2. The molecule has 17 heavy (non-hydrogen) atoms. The average molecular weight is 237 g/mol. The number of nitrogens with zero attached hydrogens (tertiary/aromatic N) is 1. The van der Waals surface area contributed by atoms with Crippen LogP contribution in [-0.2, 0) is 11.2 Å². The Kier molecular flexibility index (Phi) is 5.22. The van der Waals surface area contributed by atoms with Gasteiger partial charge in [0.25, 0.3) is 0 Å². The molecule has 4 heteroatoms.